The average molecular weight is 514 g/mol. The van der Waals surface area contributed by atoms with Gasteiger partial charge >= 0.3 is 7.82 Å². The molecule has 4 rings (SSSR count). The molecule has 0 bridgehead atoms. The topological polar surface area (TPSA) is 144 Å². The van der Waals surface area contributed by atoms with Gasteiger partial charge in [-0.3, -0.25) is 4.52 Å². The van der Waals surface area contributed by atoms with Crippen LogP contribution in [-0.2, 0) is 31.8 Å². The molecule has 1 aliphatic heterocycles. The Morgan fingerprint density at radius 2 is 1.81 bits per heavy atom. The van der Waals surface area contributed by atoms with Crippen molar-refractivity contribution >= 4 is 7.82 Å². The van der Waals surface area contributed by atoms with Crippen LogP contribution in [0.15, 0.2) is 60.9 Å². The number of benzene rings is 2. The van der Waals surface area contributed by atoms with Gasteiger partial charge in [-0.1, -0.05) is 48.2 Å². The average Bonchev–Trinajstić information content (AvgIpc) is 3.51. The lowest BCUT2D eigenvalue weighted by Gasteiger charge is -2.15. The minimum Gasteiger partial charge on any atom is -0.388 e. The van der Waals surface area contributed by atoms with Crippen LogP contribution < -0.4 is 0 Å². The summed E-state index contributed by atoms with van der Waals surface area (Å²) in [6.07, 6.45) is 2.15. The second kappa shape index (κ2) is 11.9. The summed E-state index contributed by atoms with van der Waals surface area (Å²) in [6, 6.07) is 14.7. The van der Waals surface area contributed by atoms with Crippen LogP contribution in [0.5, 0.6) is 0 Å². The number of nitrogens with zero attached hydrogens (tertiary/aromatic N) is 2. The molecule has 0 radical (unpaired) electrons. The molecule has 1 aliphatic rings. The zero-order valence-corrected chi connectivity index (χ0v) is 20.2. The van der Waals surface area contributed by atoms with E-state index in [1.165, 1.54) is 10.8 Å². The molecule has 2 aromatic carbocycles. The van der Waals surface area contributed by atoms with Crippen LogP contribution in [0.2, 0.25) is 0 Å². The molecule has 0 spiro atoms. The van der Waals surface area contributed by atoms with Gasteiger partial charge in [0.05, 0.1) is 26.4 Å². The van der Waals surface area contributed by atoms with Gasteiger partial charge in [0, 0.05) is 18.0 Å². The van der Waals surface area contributed by atoms with E-state index in [-0.39, 0.29) is 19.3 Å². The molecule has 1 aromatic heterocycles. The van der Waals surface area contributed by atoms with E-state index in [4.69, 9.17) is 19.3 Å². The van der Waals surface area contributed by atoms with Crippen molar-refractivity contribution in [3.63, 3.8) is 0 Å². The summed E-state index contributed by atoms with van der Waals surface area (Å²) in [5.74, 6) is 6.25. The zero-order chi connectivity index (χ0) is 25.5. The first kappa shape index (κ1) is 26.2. The minimum absolute atomic E-state index is 0.301. The quantitative estimate of drug-likeness (QED) is 0.249. The van der Waals surface area contributed by atoms with E-state index in [1.807, 2.05) is 48.5 Å². The van der Waals surface area contributed by atoms with Crippen molar-refractivity contribution in [3.8, 4) is 23.0 Å². The summed E-state index contributed by atoms with van der Waals surface area (Å²) in [5, 5.41) is 19.2. The van der Waals surface area contributed by atoms with Crippen LogP contribution in [0.1, 0.15) is 23.0 Å². The first-order valence-electron chi connectivity index (χ1n) is 11.2. The van der Waals surface area contributed by atoms with E-state index in [2.05, 4.69) is 21.3 Å². The number of aliphatic hydroxyl groups excluding tert-OH is 2. The van der Waals surface area contributed by atoms with E-state index in [0.717, 1.165) is 16.7 Å². The molecular weight excluding hydrogens is 487 g/mol. The molecule has 190 valence electrons. The Hall–Kier alpha value is -2.84. The SMILES string of the molecule is O=P(O)(O)OCC(C#Cc1ccc(-c2ccc(CO[C@@H]3COC[C@H]3O)cc2)cc1)n1ccnc1CO. The van der Waals surface area contributed by atoms with Gasteiger partial charge in [-0.05, 0) is 28.8 Å². The number of hydrogen-bond acceptors (Lipinski definition) is 7. The van der Waals surface area contributed by atoms with Crippen LogP contribution in [0.3, 0.4) is 0 Å². The third-order valence-electron chi connectivity index (χ3n) is 5.65. The Morgan fingerprint density at radius 3 is 2.42 bits per heavy atom. The molecule has 10 nitrogen and oxygen atoms in total. The van der Waals surface area contributed by atoms with E-state index in [0.29, 0.717) is 31.2 Å². The van der Waals surface area contributed by atoms with Gasteiger partial charge in [0.2, 0.25) is 0 Å². The van der Waals surface area contributed by atoms with Gasteiger partial charge in [-0.25, -0.2) is 9.55 Å². The normalized spacial score (nSPS) is 18.6. The fourth-order valence-corrected chi connectivity index (χ4v) is 4.04. The molecule has 0 saturated carbocycles. The van der Waals surface area contributed by atoms with Gasteiger partial charge in [0.1, 0.15) is 30.7 Å². The number of aromatic nitrogens is 2. The third kappa shape index (κ3) is 7.11. The Morgan fingerprint density at radius 1 is 1.11 bits per heavy atom. The Balaban J connectivity index is 1.42. The summed E-state index contributed by atoms with van der Waals surface area (Å²) >= 11 is 0. The maximum Gasteiger partial charge on any atom is 0.469 e. The highest BCUT2D eigenvalue weighted by atomic mass is 31.2. The maximum absolute atomic E-state index is 11.2. The van der Waals surface area contributed by atoms with E-state index in [9.17, 15) is 14.8 Å². The first-order chi connectivity index (χ1) is 17.3. The van der Waals surface area contributed by atoms with Crippen molar-refractivity contribution in [2.75, 3.05) is 19.8 Å². The largest absolute Gasteiger partial charge is 0.469 e. The fraction of sp³-hybridized carbons (Fsp3) is 0.320. The van der Waals surface area contributed by atoms with Gasteiger partial charge in [-0.2, -0.15) is 0 Å². The Kier molecular flexibility index (Phi) is 8.69. The van der Waals surface area contributed by atoms with Crippen molar-refractivity contribution in [3.05, 3.63) is 77.9 Å². The Labute approximate surface area is 208 Å². The molecule has 3 aromatic rings. The number of imidazole rings is 1. The molecule has 1 unspecified atom stereocenters. The molecule has 11 heteroatoms. The molecule has 36 heavy (non-hydrogen) atoms. The summed E-state index contributed by atoms with van der Waals surface area (Å²) in [7, 11) is -4.69. The van der Waals surface area contributed by atoms with Crippen molar-refractivity contribution < 1.29 is 38.6 Å². The fourth-order valence-electron chi connectivity index (χ4n) is 3.70. The van der Waals surface area contributed by atoms with Crippen LogP contribution >= 0.6 is 7.82 Å². The number of aliphatic hydroxyl groups is 2. The molecule has 0 aliphatic carbocycles. The standard InChI is InChI=1S/C25H27N2O8P/c28-13-25-26-11-12-27(25)22(15-35-36(30,31)32)10-5-18-1-6-20(7-2-18)21-8-3-19(4-9-21)14-34-24-17-33-16-23(24)29/h1-4,6-9,11-12,22-24,28-29H,13-17H2,(H2,30,31,32)/t22?,23-,24-/m1/s1. The highest BCUT2D eigenvalue weighted by Gasteiger charge is 2.26. The van der Waals surface area contributed by atoms with Crippen molar-refractivity contribution in [1.29, 1.82) is 0 Å². The van der Waals surface area contributed by atoms with Gasteiger partial charge in [0.15, 0.2) is 0 Å². The summed E-state index contributed by atoms with van der Waals surface area (Å²) in [4.78, 5) is 22.1. The van der Waals surface area contributed by atoms with Crippen molar-refractivity contribution in [2.24, 2.45) is 0 Å². The predicted octanol–water partition coefficient (Wildman–Crippen LogP) is 2.02. The molecule has 4 N–H and O–H groups in total. The van der Waals surface area contributed by atoms with Crippen LogP contribution in [0.25, 0.3) is 11.1 Å². The van der Waals surface area contributed by atoms with E-state index in [1.54, 1.807) is 6.20 Å². The second-order valence-electron chi connectivity index (χ2n) is 8.21. The summed E-state index contributed by atoms with van der Waals surface area (Å²) < 4.78 is 28.2. The lowest BCUT2D eigenvalue weighted by Crippen LogP contribution is -2.26. The van der Waals surface area contributed by atoms with Gasteiger partial charge < -0.3 is 34.0 Å². The van der Waals surface area contributed by atoms with E-state index >= 15 is 0 Å². The van der Waals surface area contributed by atoms with Gasteiger partial charge in [-0.15, -0.1) is 0 Å². The van der Waals surface area contributed by atoms with E-state index < -0.39 is 20.0 Å². The van der Waals surface area contributed by atoms with Gasteiger partial charge in [0.25, 0.3) is 0 Å². The Bertz CT molecular complexity index is 1240. The van der Waals surface area contributed by atoms with Crippen LogP contribution in [0, 0.1) is 11.8 Å². The molecular formula is C25H27N2O8P. The maximum atomic E-state index is 11.2. The molecule has 1 saturated heterocycles. The molecule has 0 amide bonds. The lowest BCUT2D eigenvalue weighted by atomic mass is 10.0. The number of phosphoric acid groups is 1. The lowest BCUT2D eigenvalue weighted by molar-refractivity contribution is -0.0188. The number of phosphoric ester groups is 1. The number of ether oxygens (including phenoxy) is 2. The molecule has 2 heterocycles. The van der Waals surface area contributed by atoms with Crippen LogP contribution in [0.4, 0.5) is 0 Å². The predicted molar refractivity (Wildman–Crippen MR) is 129 cm³/mol. The molecule has 3 atom stereocenters. The van der Waals surface area contributed by atoms with Crippen LogP contribution in [-0.4, -0.2) is 61.6 Å². The minimum atomic E-state index is -4.69. The summed E-state index contributed by atoms with van der Waals surface area (Å²) in [6.45, 7) is 0.372. The highest BCUT2D eigenvalue weighted by molar-refractivity contribution is 7.46. The first-order valence-corrected chi connectivity index (χ1v) is 12.8. The monoisotopic (exact) mass is 514 g/mol. The van der Waals surface area contributed by atoms with Crippen molar-refractivity contribution in [2.45, 2.75) is 31.5 Å². The number of hydrogen-bond donors (Lipinski definition) is 4. The number of rotatable bonds is 9. The third-order valence-corrected chi connectivity index (χ3v) is 6.13. The summed E-state index contributed by atoms with van der Waals surface area (Å²) in [5.41, 5.74) is 3.70. The zero-order valence-electron chi connectivity index (χ0n) is 19.3. The molecule has 1 fully saturated rings. The second-order valence-corrected chi connectivity index (χ2v) is 9.45. The van der Waals surface area contributed by atoms with Crippen molar-refractivity contribution in [1.82, 2.24) is 9.55 Å². The highest BCUT2D eigenvalue weighted by Crippen LogP contribution is 2.36. The smallest absolute Gasteiger partial charge is 0.388 e.